The summed E-state index contributed by atoms with van der Waals surface area (Å²) in [5.41, 5.74) is 1.80. The third-order valence-corrected chi connectivity index (χ3v) is 7.79. The van der Waals surface area contributed by atoms with Crippen LogP contribution in [0.25, 0.3) is 0 Å². The Morgan fingerprint density at radius 1 is 1.10 bits per heavy atom. The third-order valence-electron chi connectivity index (χ3n) is 7.79. The summed E-state index contributed by atoms with van der Waals surface area (Å²) in [5, 5.41) is 14.5. The van der Waals surface area contributed by atoms with Crippen LogP contribution >= 0.6 is 0 Å². The van der Waals surface area contributed by atoms with Gasteiger partial charge in [-0.3, -0.25) is 19.1 Å². The fourth-order valence-corrected chi connectivity index (χ4v) is 5.44. The first-order chi connectivity index (χ1) is 18.8. The molecule has 204 valence electrons. The second-order valence-electron chi connectivity index (χ2n) is 10.5. The predicted octanol–water partition coefficient (Wildman–Crippen LogP) is 2.44. The highest BCUT2D eigenvalue weighted by Crippen LogP contribution is 2.36. The topological polar surface area (TPSA) is 109 Å². The van der Waals surface area contributed by atoms with Crippen molar-refractivity contribution in [1.82, 2.24) is 30.5 Å². The van der Waals surface area contributed by atoms with Crippen LogP contribution in [0.5, 0.6) is 0 Å². The molecule has 3 heterocycles. The molecule has 3 aromatic rings. The van der Waals surface area contributed by atoms with Gasteiger partial charge >= 0.3 is 0 Å². The molecule has 2 aliphatic heterocycles. The number of carbonyl (C=O) groups is 3. The Labute approximate surface area is 226 Å². The van der Waals surface area contributed by atoms with Crippen LogP contribution in [0.15, 0.2) is 54.7 Å². The normalized spacial score (nSPS) is 19.8. The molecule has 9 nitrogen and oxygen atoms in total. The molecule has 0 radical (unpaired) electrons. The molecule has 1 saturated heterocycles. The van der Waals surface area contributed by atoms with Gasteiger partial charge in [0.05, 0.1) is 11.1 Å². The maximum atomic E-state index is 14.0. The summed E-state index contributed by atoms with van der Waals surface area (Å²) in [4.78, 5) is 42.1. The van der Waals surface area contributed by atoms with E-state index in [1.807, 2.05) is 36.5 Å². The summed E-state index contributed by atoms with van der Waals surface area (Å²) in [7, 11) is 0. The van der Waals surface area contributed by atoms with E-state index >= 15 is 0 Å². The van der Waals surface area contributed by atoms with Gasteiger partial charge in [-0.25, -0.2) is 4.39 Å². The Hall–Kier alpha value is -4.08. The molecule has 0 aliphatic carbocycles. The van der Waals surface area contributed by atoms with Crippen molar-refractivity contribution < 1.29 is 18.8 Å². The first kappa shape index (κ1) is 26.5. The molecule has 0 unspecified atom stereocenters. The van der Waals surface area contributed by atoms with Crippen molar-refractivity contribution in [3.05, 3.63) is 82.9 Å². The van der Waals surface area contributed by atoms with Crippen LogP contribution in [-0.4, -0.2) is 63.3 Å². The zero-order valence-corrected chi connectivity index (χ0v) is 22.0. The number of nitrogens with zero attached hydrogens (tertiary/aromatic N) is 4. The minimum Gasteiger partial charge on any atom is -0.354 e. The van der Waals surface area contributed by atoms with E-state index in [1.54, 1.807) is 22.6 Å². The van der Waals surface area contributed by atoms with Gasteiger partial charge in [0.1, 0.15) is 11.9 Å². The number of carbonyl (C=O) groups excluding carboxylic acids is 3. The van der Waals surface area contributed by atoms with E-state index in [4.69, 9.17) is 0 Å². The van der Waals surface area contributed by atoms with Crippen molar-refractivity contribution in [3.8, 4) is 0 Å². The van der Waals surface area contributed by atoms with Crippen LogP contribution in [0.2, 0.25) is 0 Å². The van der Waals surface area contributed by atoms with Crippen LogP contribution in [0.1, 0.15) is 46.4 Å². The van der Waals surface area contributed by atoms with Crippen LogP contribution in [0.3, 0.4) is 0 Å². The first-order valence-corrected chi connectivity index (χ1v) is 13.4. The Morgan fingerprint density at radius 3 is 2.64 bits per heavy atom. The van der Waals surface area contributed by atoms with Crippen molar-refractivity contribution in [2.75, 3.05) is 19.6 Å². The largest absolute Gasteiger partial charge is 0.354 e. The average molecular weight is 533 g/mol. The van der Waals surface area contributed by atoms with Crippen molar-refractivity contribution in [1.29, 1.82) is 0 Å². The van der Waals surface area contributed by atoms with E-state index < -0.39 is 17.3 Å². The molecule has 2 aliphatic rings. The third kappa shape index (κ3) is 6.00. The van der Waals surface area contributed by atoms with E-state index in [9.17, 15) is 18.8 Å². The quantitative estimate of drug-likeness (QED) is 0.539. The van der Waals surface area contributed by atoms with Crippen LogP contribution in [-0.2, 0) is 29.0 Å². The fourth-order valence-electron chi connectivity index (χ4n) is 5.44. The van der Waals surface area contributed by atoms with Crippen LogP contribution < -0.4 is 10.6 Å². The smallest absolute Gasteiger partial charge is 0.254 e. The molecular formula is C29H33FN6O3. The average Bonchev–Trinajstić information content (AvgIpc) is 3.39. The SMILES string of the molecule is Cc1ccc(F)cc1C(=O)N1CCC2(CC1)Cc1cn(nn1)CCCNC(=O)[C@H](Cc1ccccc1)NC2=O. The molecule has 10 heteroatoms. The number of likely N-dealkylation sites (tertiary alicyclic amines) is 1. The Kier molecular flexibility index (Phi) is 7.72. The lowest BCUT2D eigenvalue weighted by molar-refractivity contribution is -0.137. The molecule has 0 saturated carbocycles. The van der Waals surface area contributed by atoms with E-state index in [2.05, 4.69) is 20.9 Å². The molecule has 1 aromatic heterocycles. The highest BCUT2D eigenvalue weighted by atomic mass is 19.1. The number of benzene rings is 2. The van der Waals surface area contributed by atoms with Gasteiger partial charge in [-0.15, -0.1) is 5.10 Å². The second-order valence-corrected chi connectivity index (χ2v) is 10.5. The van der Waals surface area contributed by atoms with Gasteiger partial charge in [0.2, 0.25) is 11.8 Å². The minimum absolute atomic E-state index is 0.228. The van der Waals surface area contributed by atoms with E-state index in [0.717, 1.165) is 5.56 Å². The number of hydrogen-bond acceptors (Lipinski definition) is 5. The monoisotopic (exact) mass is 532 g/mol. The molecule has 2 N–H and O–H groups in total. The summed E-state index contributed by atoms with van der Waals surface area (Å²) in [6.45, 7) is 3.48. The van der Waals surface area contributed by atoms with Gasteiger partial charge in [-0.05, 0) is 49.4 Å². The van der Waals surface area contributed by atoms with E-state index in [1.165, 1.54) is 12.1 Å². The lowest BCUT2D eigenvalue weighted by atomic mass is 9.73. The van der Waals surface area contributed by atoms with Crippen molar-refractivity contribution in [2.45, 2.75) is 51.6 Å². The van der Waals surface area contributed by atoms with Gasteiger partial charge in [-0.2, -0.15) is 0 Å². The van der Waals surface area contributed by atoms with Gasteiger partial charge in [0, 0.05) is 50.8 Å². The van der Waals surface area contributed by atoms with Crippen molar-refractivity contribution in [3.63, 3.8) is 0 Å². The zero-order valence-electron chi connectivity index (χ0n) is 22.0. The highest BCUT2D eigenvalue weighted by Gasteiger charge is 2.44. The minimum atomic E-state index is -0.877. The molecule has 1 spiro atoms. The molecule has 3 amide bonds. The molecule has 1 atom stereocenters. The van der Waals surface area contributed by atoms with E-state index in [0.29, 0.717) is 75.1 Å². The maximum absolute atomic E-state index is 14.0. The molecule has 1 fully saturated rings. The molecule has 5 rings (SSSR count). The standard InChI is InChI=1S/C29H33FN6O3/c1-20-8-9-22(30)17-24(20)27(38)35-14-10-29(11-15-35)18-23-19-36(34-33-23)13-5-12-31-26(37)25(32-28(29)39)16-21-6-3-2-4-7-21/h2-4,6-9,17,19,25H,5,10-16,18H2,1H3,(H,31,37)(H,32,39)/t25-/m0/s1. The number of aromatic nitrogens is 3. The summed E-state index contributed by atoms with van der Waals surface area (Å²) in [6.07, 6.45) is 4.01. The maximum Gasteiger partial charge on any atom is 0.254 e. The van der Waals surface area contributed by atoms with Crippen molar-refractivity contribution >= 4 is 17.7 Å². The highest BCUT2D eigenvalue weighted by molar-refractivity contribution is 5.96. The number of halogens is 1. The molecule has 39 heavy (non-hydrogen) atoms. The Morgan fingerprint density at radius 2 is 1.87 bits per heavy atom. The predicted molar refractivity (Wildman–Crippen MR) is 142 cm³/mol. The Balaban J connectivity index is 1.40. The zero-order chi connectivity index (χ0) is 27.4. The number of nitrogens with one attached hydrogen (secondary N) is 2. The van der Waals surface area contributed by atoms with Gasteiger partial charge in [0.25, 0.3) is 5.91 Å². The molecule has 2 bridgehead atoms. The van der Waals surface area contributed by atoms with Crippen molar-refractivity contribution in [2.24, 2.45) is 5.41 Å². The number of fused-ring (bicyclic) bond motifs is 2. The number of rotatable bonds is 3. The number of aryl methyl sites for hydroxylation is 2. The second kappa shape index (κ2) is 11.3. The first-order valence-electron chi connectivity index (χ1n) is 13.4. The summed E-state index contributed by atoms with van der Waals surface area (Å²) in [6, 6.07) is 13.1. The molecular weight excluding hydrogens is 499 g/mol. The number of hydrogen-bond donors (Lipinski definition) is 2. The lowest BCUT2D eigenvalue weighted by Crippen LogP contribution is -2.56. The number of amides is 3. The van der Waals surface area contributed by atoms with Crippen LogP contribution in [0, 0.1) is 18.2 Å². The summed E-state index contributed by atoms with van der Waals surface area (Å²) in [5.74, 6) is -1.17. The van der Waals surface area contributed by atoms with Gasteiger partial charge in [0.15, 0.2) is 0 Å². The van der Waals surface area contributed by atoms with Crippen LogP contribution in [0.4, 0.5) is 4.39 Å². The Bertz CT molecular complexity index is 1350. The van der Waals surface area contributed by atoms with Gasteiger partial charge < -0.3 is 15.5 Å². The summed E-state index contributed by atoms with van der Waals surface area (Å²) < 4.78 is 15.6. The summed E-state index contributed by atoms with van der Waals surface area (Å²) >= 11 is 0. The molecule has 2 aromatic carbocycles. The fraction of sp³-hybridized carbons (Fsp3) is 0.414. The lowest BCUT2D eigenvalue weighted by Gasteiger charge is -2.41. The van der Waals surface area contributed by atoms with Gasteiger partial charge in [-0.1, -0.05) is 41.6 Å². The number of piperidine rings is 1. The van der Waals surface area contributed by atoms with E-state index in [-0.39, 0.29) is 17.7 Å².